The second-order valence-electron chi connectivity index (χ2n) is 7.40. The predicted molar refractivity (Wildman–Crippen MR) is 109 cm³/mol. The summed E-state index contributed by atoms with van der Waals surface area (Å²) in [7, 11) is 0. The van der Waals surface area contributed by atoms with Crippen molar-refractivity contribution in [2.75, 3.05) is 18.1 Å². The molecule has 2 aliphatic rings. The van der Waals surface area contributed by atoms with Crippen molar-refractivity contribution in [1.82, 2.24) is 10.9 Å². The van der Waals surface area contributed by atoms with E-state index in [9.17, 15) is 14.4 Å². The monoisotopic (exact) mass is 409 g/mol. The topological polar surface area (TPSA) is 97.0 Å². The molecule has 2 heterocycles. The first-order valence-electron chi connectivity index (χ1n) is 9.83. The zero-order chi connectivity index (χ0) is 21.3. The van der Waals surface area contributed by atoms with Crippen molar-refractivity contribution in [3.63, 3.8) is 0 Å². The molecule has 8 nitrogen and oxygen atoms in total. The molecule has 30 heavy (non-hydrogen) atoms. The second kappa shape index (κ2) is 8.16. The van der Waals surface area contributed by atoms with Crippen molar-refractivity contribution >= 4 is 23.4 Å². The highest BCUT2D eigenvalue weighted by Gasteiger charge is 2.39. The van der Waals surface area contributed by atoms with Gasteiger partial charge in [0.1, 0.15) is 6.04 Å². The van der Waals surface area contributed by atoms with Gasteiger partial charge in [0.05, 0.1) is 25.3 Å². The summed E-state index contributed by atoms with van der Waals surface area (Å²) >= 11 is 0. The van der Waals surface area contributed by atoms with E-state index in [1.165, 1.54) is 0 Å². The fourth-order valence-corrected chi connectivity index (χ4v) is 3.41. The lowest BCUT2D eigenvalue weighted by molar-refractivity contribution is -0.121. The van der Waals surface area contributed by atoms with Crippen LogP contribution in [0, 0.1) is 13.8 Å². The van der Waals surface area contributed by atoms with Gasteiger partial charge in [-0.2, -0.15) is 0 Å². The minimum absolute atomic E-state index is 0.0345. The van der Waals surface area contributed by atoms with Crippen LogP contribution in [0.5, 0.6) is 11.5 Å². The molecule has 4 rings (SSSR count). The van der Waals surface area contributed by atoms with E-state index in [4.69, 9.17) is 9.47 Å². The zero-order valence-corrected chi connectivity index (χ0v) is 16.9. The lowest BCUT2D eigenvalue weighted by Crippen LogP contribution is -2.48. The number of imide groups is 1. The average Bonchev–Trinajstić information content (AvgIpc) is 2.89. The van der Waals surface area contributed by atoms with Crippen molar-refractivity contribution in [3.05, 3.63) is 53.1 Å². The molecule has 2 aromatic rings. The van der Waals surface area contributed by atoms with Crippen molar-refractivity contribution in [2.24, 2.45) is 0 Å². The van der Waals surface area contributed by atoms with Crippen LogP contribution in [-0.2, 0) is 9.59 Å². The Hall–Kier alpha value is -3.39. The van der Waals surface area contributed by atoms with Gasteiger partial charge in [0.25, 0.3) is 11.8 Å². The van der Waals surface area contributed by atoms with Gasteiger partial charge in [-0.3, -0.25) is 19.8 Å². The summed E-state index contributed by atoms with van der Waals surface area (Å²) in [4.78, 5) is 38.8. The average molecular weight is 409 g/mol. The van der Waals surface area contributed by atoms with Crippen molar-refractivity contribution in [3.8, 4) is 11.5 Å². The van der Waals surface area contributed by atoms with Gasteiger partial charge in [-0.1, -0.05) is 6.07 Å². The van der Waals surface area contributed by atoms with Crippen LogP contribution in [0.2, 0.25) is 0 Å². The fraction of sp³-hybridized carbons (Fsp3) is 0.318. The summed E-state index contributed by atoms with van der Waals surface area (Å²) in [5, 5.41) is 0. The molecule has 0 saturated carbocycles. The van der Waals surface area contributed by atoms with Crippen LogP contribution in [0.4, 0.5) is 5.69 Å². The van der Waals surface area contributed by atoms with Gasteiger partial charge in [0, 0.05) is 12.0 Å². The fourth-order valence-electron chi connectivity index (χ4n) is 3.41. The van der Waals surface area contributed by atoms with Crippen molar-refractivity contribution in [1.29, 1.82) is 0 Å². The van der Waals surface area contributed by atoms with E-state index in [0.29, 0.717) is 36.0 Å². The van der Waals surface area contributed by atoms with Crippen LogP contribution >= 0.6 is 0 Å². The normalized spacial score (nSPS) is 18.3. The van der Waals surface area contributed by atoms with Gasteiger partial charge in [-0.25, -0.2) is 10.3 Å². The molecule has 0 bridgehead atoms. The van der Waals surface area contributed by atoms with Crippen molar-refractivity contribution < 1.29 is 23.9 Å². The summed E-state index contributed by atoms with van der Waals surface area (Å²) in [5.74, 6) is -0.0471. The first-order valence-corrected chi connectivity index (χ1v) is 9.83. The number of amides is 3. The largest absolute Gasteiger partial charge is 0.490 e. The highest BCUT2D eigenvalue weighted by Crippen LogP contribution is 2.30. The summed E-state index contributed by atoms with van der Waals surface area (Å²) in [6.07, 6.45) is 0.736. The maximum atomic E-state index is 12.7. The number of carbonyl (C=O) groups excluding carboxylic acids is 3. The lowest BCUT2D eigenvalue weighted by Gasteiger charge is -2.17. The molecule has 156 valence electrons. The Morgan fingerprint density at radius 1 is 1.00 bits per heavy atom. The number of hydrogen-bond acceptors (Lipinski definition) is 6. The first kappa shape index (κ1) is 19.9. The van der Waals surface area contributed by atoms with Crippen LogP contribution in [0.25, 0.3) is 0 Å². The number of hydrazine groups is 1. The molecule has 1 saturated heterocycles. The van der Waals surface area contributed by atoms with E-state index in [0.717, 1.165) is 22.4 Å². The minimum atomic E-state index is -0.830. The molecule has 0 radical (unpaired) electrons. The van der Waals surface area contributed by atoms with Gasteiger partial charge in [-0.05, 0) is 55.3 Å². The van der Waals surface area contributed by atoms with E-state index in [1.54, 1.807) is 24.3 Å². The summed E-state index contributed by atoms with van der Waals surface area (Å²) in [6, 6.07) is 9.50. The molecule has 2 aliphatic heterocycles. The number of carbonyl (C=O) groups is 3. The summed E-state index contributed by atoms with van der Waals surface area (Å²) < 4.78 is 11.2. The highest BCUT2D eigenvalue weighted by molar-refractivity contribution is 6.22. The molecule has 2 aromatic carbocycles. The van der Waals surface area contributed by atoms with Crippen LogP contribution in [0.3, 0.4) is 0 Å². The molecule has 3 amide bonds. The number of ether oxygens (including phenoxy) is 2. The molecule has 8 heteroatoms. The van der Waals surface area contributed by atoms with E-state index in [1.807, 2.05) is 26.0 Å². The van der Waals surface area contributed by atoms with Gasteiger partial charge >= 0.3 is 0 Å². The van der Waals surface area contributed by atoms with Crippen LogP contribution < -0.4 is 25.2 Å². The van der Waals surface area contributed by atoms with Crippen molar-refractivity contribution in [2.45, 2.75) is 32.7 Å². The number of hydrogen-bond donors (Lipinski definition) is 2. The maximum Gasteiger partial charge on any atom is 0.265 e. The molecule has 1 atom stereocenters. The Morgan fingerprint density at radius 3 is 2.53 bits per heavy atom. The predicted octanol–water partition coefficient (Wildman–Crippen LogP) is 2.03. The summed E-state index contributed by atoms with van der Waals surface area (Å²) in [6.45, 7) is 4.97. The number of nitrogens with one attached hydrogen (secondary N) is 2. The molecular formula is C22H23N3O5. The number of nitrogens with zero attached hydrogens (tertiary/aromatic N) is 1. The second-order valence-corrected chi connectivity index (χ2v) is 7.40. The molecular weight excluding hydrogens is 386 g/mol. The molecule has 0 aromatic heterocycles. The first-order chi connectivity index (χ1) is 14.4. The standard InChI is InChI=1S/C22H23N3O5/c1-13-4-6-16(10-14(13)2)25-20(26)12-17(22(25)28)23-24-21(27)15-5-7-18-19(11-15)30-9-3-8-29-18/h4-7,10-11,17,23H,3,8-9,12H2,1-2H3,(H,24,27). The quantitative estimate of drug-likeness (QED) is 0.593. The van der Waals surface area contributed by atoms with Gasteiger partial charge < -0.3 is 9.47 Å². The Bertz CT molecular complexity index is 1020. The lowest BCUT2D eigenvalue weighted by atomic mass is 10.1. The molecule has 0 spiro atoms. The van der Waals surface area contributed by atoms with E-state index in [-0.39, 0.29) is 12.3 Å². The Balaban J connectivity index is 1.42. The van der Waals surface area contributed by atoms with Crippen LogP contribution in [0.15, 0.2) is 36.4 Å². The molecule has 1 unspecified atom stereocenters. The maximum absolute atomic E-state index is 12.7. The Labute approximate surface area is 174 Å². The highest BCUT2D eigenvalue weighted by atomic mass is 16.5. The molecule has 0 aliphatic carbocycles. The SMILES string of the molecule is Cc1ccc(N2C(=O)CC(NNC(=O)c3ccc4c(c3)OCCCO4)C2=O)cc1C. The Morgan fingerprint density at radius 2 is 1.77 bits per heavy atom. The third-order valence-corrected chi connectivity index (χ3v) is 5.26. The number of aryl methyl sites for hydroxylation is 2. The summed E-state index contributed by atoms with van der Waals surface area (Å²) in [5.41, 5.74) is 8.18. The molecule has 2 N–H and O–H groups in total. The smallest absolute Gasteiger partial charge is 0.265 e. The van der Waals surface area contributed by atoms with E-state index >= 15 is 0 Å². The molecule has 1 fully saturated rings. The minimum Gasteiger partial charge on any atom is -0.490 e. The number of anilines is 1. The number of benzene rings is 2. The van der Waals surface area contributed by atoms with Gasteiger partial charge in [-0.15, -0.1) is 0 Å². The zero-order valence-electron chi connectivity index (χ0n) is 16.9. The van der Waals surface area contributed by atoms with Crippen LogP contribution in [0.1, 0.15) is 34.3 Å². The number of rotatable bonds is 4. The van der Waals surface area contributed by atoms with Gasteiger partial charge in [0.2, 0.25) is 5.91 Å². The van der Waals surface area contributed by atoms with E-state index in [2.05, 4.69) is 10.9 Å². The third kappa shape index (κ3) is 3.86. The van der Waals surface area contributed by atoms with Crippen LogP contribution in [-0.4, -0.2) is 37.0 Å². The number of fused-ring (bicyclic) bond motifs is 1. The third-order valence-electron chi connectivity index (χ3n) is 5.26. The van der Waals surface area contributed by atoms with E-state index < -0.39 is 17.9 Å². The Kier molecular flexibility index (Phi) is 5.41. The van der Waals surface area contributed by atoms with Gasteiger partial charge in [0.15, 0.2) is 11.5 Å².